The van der Waals surface area contributed by atoms with Crippen molar-refractivity contribution in [2.75, 3.05) is 0 Å². The Bertz CT molecular complexity index is 432. The maximum absolute atomic E-state index is 11.9. The van der Waals surface area contributed by atoms with Crippen molar-refractivity contribution in [1.29, 1.82) is 5.26 Å². The van der Waals surface area contributed by atoms with Gasteiger partial charge in [0.25, 0.3) is 0 Å². The topological polar surface area (TPSA) is 67.2 Å². The van der Waals surface area contributed by atoms with Crippen LogP contribution < -0.4 is 0 Å². The predicted octanol–water partition coefficient (Wildman–Crippen LogP) is 2.06. The molecule has 0 aromatic rings. The Morgan fingerprint density at radius 3 is 2.69 bits per heavy atom. The van der Waals surface area contributed by atoms with Crippen molar-refractivity contribution < 1.29 is 25.8 Å². The van der Waals surface area contributed by atoms with Gasteiger partial charge in [0.15, 0.2) is 0 Å². The number of nitrogens with zero attached hydrogens (tertiary/aromatic N) is 1. The van der Waals surface area contributed by atoms with E-state index in [1.54, 1.807) is 0 Å². The number of alkyl halides is 3. The molecule has 1 aliphatic carbocycles. The Hall–Kier alpha value is -1.23. The van der Waals surface area contributed by atoms with Gasteiger partial charge in [-0.15, -0.1) is 0 Å². The quantitative estimate of drug-likeness (QED) is 0.571. The summed E-state index contributed by atoms with van der Waals surface area (Å²) in [6.45, 7) is 0. The van der Waals surface area contributed by atoms with Crippen molar-refractivity contribution in [1.82, 2.24) is 0 Å². The molecule has 1 rings (SSSR count). The first kappa shape index (κ1) is 12.8. The third kappa shape index (κ3) is 2.88. The molecular formula is C8H8F3NO3S. The van der Waals surface area contributed by atoms with Crippen molar-refractivity contribution in [2.24, 2.45) is 5.92 Å². The summed E-state index contributed by atoms with van der Waals surface area (Å²) in [5, 5.41) is 8.36. The average molecular weight is 255 g/mol. The molecule has 0 radical (unpaired) electrons. The standard InChI is InChI=1S/C8H8F3NO3S/c9-8(10,11)16(13,14)15-7-2-1-6(5-7)3-4-12/h5-6H,1-3H2. The molecule has 0 aliphatic heterocycles. The highest BCUT2D eigenvalue weighted by molar-refractivity contribution is 7.87. The Labute approximate surface area is 90.4 Å². The molecule has 1 aliphatic rings. The lowest BCUT2D eigenvalue weighted by atomic mass is 10.1. The summed E-state index contributed by atoms with van der Waals surface area (Å²) in [7, 11) is -5.57. The zero-order valence-electron chi connectivity index (χ0n) is 7.99. The molecule has 0 aromatic heterocycles. The first-order valence-corrected chi connectivity index (χ1v) is 5.75. The fourth-order valence-electron chi connectivity index (χ4n) is 1.29. The first-order chi connectivity index (χ1) is 7.26. The molecule has 0 heterocycles. The normalized spacial score (nSPS) is 21.4. The van der Waals surface area contributed by atoms with Crippen LogP contribution in [0, 0.1) is 17.2 Å². The zero-order valence-corrected chi connectivity index (χ0v) is 8.81. The molecule has 1 unspecified atom stereocenters. The molecule has 0 aromatic carbocycles. The van der Waals surface area contributed by atoms with Crippen molar-refractivity contribution in [2.45, 2.75) is 24.8 Å². The summed E-state index contributed by atoms with van der Waals surface area (Å²) >= 11 is 0. The van der Waals surface area contributed by atoms with Gasteiger partial charge >= 0.3 is 15.6 Å². The van der Waals surface area contributed by atoms with Crippen LogP contribution in [0.4, 0.5) is 13.2 Å². The summed E-state index contributed by atoms with van der Waals surface area (Å²) < 4.78 is 61.0. The van der Waals surface area contributed by atoms with Crippen LogP contribution in [0.5, 0.6) is 0 Å². The second-order valence-corrected chi connectivity index (χ2v) is 4.81. The molecule has 0 N–H and O–H groups in total. The van der Waals surface area contributed by atoms with Gasteiger partial charge in [0.2, 0.25) is 0 Å². The monoisotopic (exact) mass is 255 g/mol. The van der Waals surface area contributed by atoms with Gasteiger partial charge in [0, 0.05) is 12.8 Å². The fraction of sp³-hybridized carbons (Fsp3) is 0.625. The molecule has 4 nitrogen and oxygen atoms in total. The molecule has 0 amide bonds. The highest BCUT2D eigenvalue weighted by atomic mass is 32.2. The maximum atomic E-state index is 11.9. The number of hydrogen-bond acceptors (Lipinski definition) is 4. The lowest BCUT2D eigenvalue weighted by Gasteiger charge is -2.09. The van der Waals surface area contributed by atoms with Crippen LogP contribution in [0.25, 0.3) is 0 Å². The number of hydrogen-bond donors (Lipinski definition) is 0. The maximum Gasteiger partial charge on any atom is 0.534 e. The van der Waals surface area contributed by atoms with E-state index >= 15 is 0 Å². The van der Waals surface area contributed by atoms with E-state index in [1.807, 2.05) is 6.07 Å². The van der Waals surface area contributed by atoms with Crippen LogP contribution in [0.2, 0.25) is 0 Å². The molecule has 16 heavy (non-hydrogen) atoms. The van der Waals surface area contributed by atoms with Crippen molar-refractivity contribution in [3.63, 3.8) is 0 Å². The van der Waals surface area contributed by atoms with Crippen molar-refractivity contribution in [3.8, 4) is 6.07 Å². The minimum Gasteiger partial charge on any atom is -0.381 e. The van der Waals surface area contributed by atoms with E-state index in [0.29, 0.717) is 6.42 Å². The second-order valence-electron chi connectivity index (χ2n) is 3.28. The van der Waals surface area contributed by atoms with Gasteiger partial charge < -0.3 is 4.18 Å². The molecular weight excluding hydrogens is 247 g/mol. The van der Waals surface area contributed by atoms with E-state index < -0.39 is 15.6 Å². The van der Waals surface area contributed by atoms with E-state index in [9.17, 15) is 21.6 Å². The summed E-state index contributed by atoms with van der Waals surface area (Å²) in [6, 6.07) is 1.85. The summed E-state index contributed by atoms with van der Waals surface area (Å²) in [5.74, 6) is -0.471. The van der Waals surface area contributed by atoms with Crippen LogP contribution >= 0.6 is 0 Å². The lowest BCUT2D eigenvalue weighted by Crippen LogP contribution is -2.25. The van der Waals surface area contributed by atoms with Crippen LogP contribution in [-0.4, -0.2) is 13.9 Å². The molecule has 90 valence electrons. The second kappa shape index (κ2) is 4.33. The highest BCUT2D eigenvalue weighted by Crippen LogP contribution is 2.32. The van der Waals surface area contributed by atoms with E-state index in [0.717, 1.165) is 0 Å². The Kier molecular flexibility index (Phi) is 3.48. The number of halogens is 3. The van der Waals surface area contributed by atoms with Crippen LogP contribution in [0.3, 0.4) is 0 Å². The smallest absolute Gasteiger partial charge is 0.381 e. The fourth-order valence-corrected chi connectivity index (χ4v) is 1.81. The summed E-state index contributed by atoms with van der Waals surface area (Å²) in [4.78, 5) is 0. The van der Waals surface area contributed by atoms with Crippen LogP contribution in [0.1, 0.15) is 19.3 Å². The summed E-state index contributed by atoms with van der Waals surface area (Å²) in [6.07, 6.45) is 1.92. The number of allylic oxidation sites excluding steroid dienone is 2. The predicted molar refractivity (Wildman–Crippen MR) is 47.1 cm³/mol. The SMILES string of the molecule is N#CCC1C=C(OS(=O)(=O)C(F)(F)F)CC1. The van der Waals surface area contributed by atoms with Gasteiger partial charge in [0.05, 0.1) is 6.07 Å². The third-order valence-corrected chi connectivity index (χ3v) is 3.04. The average Bonchev–Trinajstić information content (AvgIpc) is 2.50. The minimum absolute atomic E-state index is 0.0989. The number of nitriles is 1. The van der Waals surface area contributed by atoms with Gasteiger partial charge in [-0.05, 0) is 18.4 Å². The van der Waals surface area contributed by atoms with Gasteiger partial charge in [-0.2, -0.15) is 26.9 Å². The molecule has 0 saturated carbocycles. The molecule has 0 fully saturated rings. The van der Waals surface area contributed by atoms with Gasteiger partial charge in [-0.3, -0.25) is 0 Å². The molecule has 0 saturated heterocycles. The Morgan fingerprint density at radius 1 is 1.56 bits per heavy atom. The van der Waals surface area contributed by atoms with E-state index in [-0.39, 0.29) is 24.5 Å². The minimum atomic E-state index is -5.57. The Balaban J connectivity index is 2.71. The van der Waals surface area contributed by atoms with Crippen molar-refractivity contribution >= 4 is 10.1 Å². The molecule has 8 heteroatoms. The van der Waals surface area contributed by atoms with Gasteiger partial charge in [-0.25, -0.2) is 0 Å². The third-order valence-electron chi connectivity index (χ3n) is 2.04. The van der Waals surface area contributed by atoms with Gasteiger partial charge in [-0.1, -0.05) is 0 Å². The summed E-state index contributed by atoms with van der Waals surface area (Å²) in [5.41, 5.74) is -5.42. The lowest BCUT2D eigenvalue weighted by molar-refractivity contribution is -0.0522. The van der Waals surface area contributed by atoms with Crippen LogP contribution in [-0.2, 0) is 14.3 Å². The first-order valence-electron chi connectivity index (χ1n) is 4.34. The van der Waals surface area contributed by atoms with E-state index in [2.05, 4.69) is 4.18 Å². The molecule has 0 spiro atoms. The zero-order chi connectivity index (χ0) is 12.4. The van der Waals surface area contributed by atoms with Crippen molar-refractivity contribution in [3.05, 3.63) is 11.8 Å². The number of rotatable bonds is 3. The largest absolute Gasteiger partial charge is 0.534 e. The highest BCUT2D eigenvalue weighted by Gasteiger charge is 2.49. The van der Waals surface area contributed by atoms with Gasteiger partial charge in [0.1, 0.15) is 5.76 Å². The van der Waals surface area contributed by atoms with E-state index in [1.165, 1.54) is 6.08 Å². The van der Waals surface area contributed by atoms with E-state index in [4.69, 9.17) is 5.26 Å². The molecule has 0 bridgehead atoms. The Morgan fingerprint density at radius 2 is 2.19 bits per heavy atom. The van der Waals surface area contributed by atoms with Crippen LogP contribution in [0.15, 0.2) is 11.8 Å². The molecule has 1 atom stereocenters.